The number of rotatable bonds is 9. The van der Waals surface area contributed by atoms with E-state index in [9.17, 15) is 9.59 Å². The van der Waals surface area contributed by atoms with Gasteiger partial charge in [-0.15, -0.1) is 0 Å². The molecule has 0 saturated carbocycles. The van der Waals surface area contributed by atoms with Crippen molar-refractivity contribution in [1.82, 2.24) is 14.3 Å². The summed E-state index contributed by atoms with van der Waals surface area (Å²) in [5.74, 6) is 1.32. The van der Waals surface area contributed by atoms with Crippen LogP contribution >= 0.6 is 35.1 Å². The third-order valence-corrected chi connectivity index (χ3v) is 9.30. The first kappa shape index (κ1) is 26.1. The zero-order valence-electron chi connectivity index (χ0n) is 20.8. The van der Waals surface area contributed by atoms with Gasteiger partial charge in [0, 0.05) is 36.2 Å². The molecule has 3 aromatic rings. The van der Waals surface area contributed by atoms with Crippen molar-refractivity contribution in [3.63, 3.8) is 0 Å². The summed E-state index contributed by atoms with van der Waals surface area (Å²) in [7, 11) is 0. The van der Waals surface area contributed by atoms with E-state index in [1.807, 2.05) is 42.7 Å². The lowest BCUT2D eigenvalue weighted by molar-refractivity contribution is 0.0359. The minimum absolute atomic E-state index is 0.0568. The molecule has 1 amide bonds. The summed E-state index contributed by atoms with van der Waals surface area (Å²) >= 11 is 4.64. The van der Waals surface area contributed by atoms with Crippen LogP contribution in [0.2, 0.25) is 0 Å². The average molecular weight is 556 g/mol. The highest BCUT2D eigenvalue weighted by Gasteiger charge is 2.44. The monoisotopic (exact) mass is 555 g/mol. The predicted octanol–water partition coefficient (Wildman–Crippen LogP) is 5.94. The van der Waals surface area contributed by atoms with Gasteiger partial charge in [-0.3, -0.25) is 4.79 Å². The third kappa shape index (κ3) is 6.13. The van der Waals surface area contributed by atoms with Crippen molar-refractivity contribution in [2.45, 2.75) is 66.0 Å². The molecule has 2 bridgehead atoms. The Kier molecular flexibility index (Phi) is 8.36. The Morgan fingerprint density at radius 1 is 1.03 bits per heavy atom. The summed E-state index contributed by atoms with van der Waals surface area (Å²) in [6.45, 7) is 2.14. The number of amides is 1. The molecule has 194 valence electrons. The van der Waals surface area contributed by atoms with E-state index in [0.717, 1.165) is 57.8 Å². The van der Waals surface area contributed by atoms with Crippen LogP contribution in [-0.2, 0) is 10.5 Å². The van der Waals surface area contributed by atoms with E-state index in [1.165, 1.54) is 11.5 Å². The largest absolute Gasteiger partial charge is 0.490 e. The zero-order valence-corrected chi connectivity index (χ0v) is 23.2. The molecule has 0 radical (unpaired) electrons. The SMILES string of the molecule is CCOC(=O)c1ccc(OC2C[C@H]3CC[C@@H](C2)N3C(=O)c2ccc(CSc3nc(SC)ns3)cc2)cc1. The highest BCUT2D eigenvalue weighted by Crippen LogP contribution is 2.38. The summed E-state index contributed by atoms with van der Waals surface area (Å²) in [5, 5.41) is 0.809. The second kappa shape index (κ2) is 11.9. The molecule has 37 heavy (non-hydrogen) atoms. The van der Waals surface area contributed by atoms with Crippen molar-refractivity contribution in [3.8, 4) is 5.75 Å². The summed E-state index contributed by atoms with van der Waals surface area (Å²) in [4.78, 5) is 31.8. The minimum Gasteiger partial charge on any atom is -0.490 e. The molecule has 0 aliphatic carbocycles. The maximum absolute atomic E-state index is 13.4. The summed E-state index contributed by atoms with van der Waals surface area (Å²) in [5.41, 5.74) is 2.41. The van der Waals surface area contributed by atoms with Gasteiger partial charge in [-0.1, -0.05) is 35.7 Å². The molecule has 0 N–H and O–H groups in total. The lowest BCUT2D eigenvalue weighted by atomic mass is 9.98. The van der Waals surface area contributed by atoms with Gasteiger partial charge in [0.15, 0.2) is 4.34 Å². The van der Waals surface area contributed by atoms with Gasteiger partial charge in [-0.2, -0.15) is 4.37 Å². The minimum atomic E-state index is -0.327. The van der Waals surface area contributed by atoms with Gasteiger partial charge < -0.3 is 14.4 Å². The molecule has 2 aromatic carbocycles. The van der Waals surface area contributed by atoms with E-state index in [-0.39, 0.29) is 30.1 Å². The van der Waals surface area contributed by atoms with Gasteiger partial charge in [0.25, 0.3) is 5.91 Å². The molecule has 1 aromatic heterocycles. The van der Waals surface area contributed by atoms with Crippen molar-refractivity contribution in [2.75, 3.05) is 12.9 Å². The van der Waals surface area contributed by atoms with Crippen molar-refractivity contribution < 1.29 is 19.1 Å². The molecular weight excluding hydrogens is 527 g/mol. The predicted molar refractivity (Wildman–Crippen MR) is 147 cm³/mol. The molecule has 2 saturated heterocycles. The number of hydrogen-bond acceptors (Lipinski definition) is 9. The third-order valence-electron chi connectivity index (χ3n) is 6.73. The van der Waals surface area contributed by atoms with Gasteiger partial charge in [-0.05, 0) is 79.5 Å². The topological polar surface area (TPSA) is 81.6 Å². The first-order valence-electron chi connectivity index (χ1n) is 12.4. The molecule has 5 rings (SSSR count). The fourth-order valence-corrected chi connectivity index (χ4v) is 7.17. The number of nitrogens with zero attached hydrogens (tertiary/aromatic N) is 3. The first-order valence-corrected chi connectivity index (χ1v) is 15.4. The van der Waals surface area contributed by atoms with Gasteiger partial charge in [0.2, 0.25) is 5.16 Å². The Morgan fingerprint density at radius 3 is 2.32 bits per heavy atom. The second-order valence-corrected chi connectivity index (χ2v) is 11.8. The van der Waals surface area contributed by atoms with E-state index in [4.69, 9.17) is 9.47 Å². The number of thioether (sulfide) groups is 2. The number of ether oxygens (including phenoxy) is 2. The van der Waals surface area contributed by atoms with Gasteiger partial charge in [0.1, 0.15) is 11.9 Å². The number of esters is 1. The molecule has 10 heteroatoms. The van der Waals surface area contributed by atoms with Crippen molar-refractivity contribution in [3.05, 3.63) is 65.2 Å². The van der Waals surface area contributed by atoms with E-state index < -0.39 is 0 Å². The van der Waals surface area contributed by atoms with E-state index in [0.29, 0.717) is 12.2 Å². The quantitative estimate of drug-likeness (QED) is 0.237. The number of benzene rings is 2. The summed E-state index contributed by atoms with van der Waals surface area (Å²) in [6.07, 6.45) is 5.68. The Balaban J connectivity index is 1.16. The number of carbonyl (C=O) groups excluding carboxylic acids is 2. The number of aromatic nitrogens is 2. The van der Waals surface area contributed by atoms with E-state index >= 15 is 0 Å². The van der Waals surface area contributed by atoms with Gasteiger partial charge in [0.05, 0.1) is 12.2 Å². The van der Waals surface area contributed by atoms with Crippen molar-refractivity contribution in [1.29, 1.82) is 0 Å². The fourth-order valence-electron chi connectivity index (χ4n) is 5.01. The molecule has 2 aliphatic rings. The molecule has 7 nitrogen and oxygen atoms in total. The van der Waals surface area contributed by atoms with Gasteiger partial charge in [-0.25, -0.2) is 9.78 Å². The summed E-state index contributed by atoms with van der Waals surface area (Å²) in [6, 6.07) is 15.4. The van der Waals surface area contributed by atoms with Gasteiger partial charge >= 0.3 is 5.97 Å². The molecule has 2 aliphatic heterocycles. The smallest absolute Gasteiger partial charge is 0.338 e. The Labute approximate surface area is 229 Å². The maximum Gasteiger partial charge on any atom is 0.338 e. The van der Waals surface area contributed by atoms with Crippen LogP contribution in [0.5, 0.6) is 5.75 Å². The number of piperidine rings is 1. The Morgan fingerprint density at radius 2 is 1.70 bits per heavy atom. The number of carbonyl (C=O) groups is 2. The zero-order chi connectivity index (χ0) is 25.8. The number of hydrogen-bond donors (Lipinski definition) is 0. The van der Waals surface area contributed by atoms with Crippen LogP contribution < -0.4 is 4.74 Å². The van der Waals surface area contributed by atoms with Crippen molar-refractivity contribution in [2.24, 2.45) is 0 Å². The Hall–Kier alpha value is -2.56. The standard InChI is InChI=1S/C27H29N3O4S3/c1-3-33-25(32)19-8-12-22(13-9-19)34-23-14-20-10-11-21(15-23)30(20)24(31)18-6-4-17(5-7-18)16-36-27-28-26(35-2)29-37-27/h4-9,12-13,20-21,23H,3,10-11,14-16H2,1-2H3/t20-,21+,23?. The van der Waals surface area contributed by atoms with Crippen LogP contribution in [0.25, 0.3) is 0 Å². The first-order chi connectivity index (χ1) is 18.0. The normalized spacial score (nSPS) is 20.6. The fraction of sp³-hybridized carbons (Fsp3) is 0.407. The Bertz CT molecular complexity index is 1220. The van der Waals surface area contributed by atoms with E-state index in [2.05, 4.69) is 14.3 Å². The highest BCUT2D eigenvalue weighted by molar-refractivity contribution is 8.00. The van der Waals surface area contributed by atoms with Crippen LogP contribution in [0.3, 0.4) is 0 Å². The molecular formula is C27H29N3O4S3. The number of fused-ring (bicyclic) bond motifs is 2. The molecule has 0 spiro atoms. The van der Waals surface area contributed by atoms with Crippen molar-refractivity contribution >= 4 is 46.9 Å². The molecule has 3 heterocycles. The molecule has 2 fully saturated rings. The lowest BCUT2D eigenvalue weighted by Crippen LogP contribution is -2.49. The van der Waals surface area contributed by atoms with Crippen LogP contribution in [0.1, 0.15) is 58.9 Å². The second-order valence-electron chi connectivity index (χ2n) is 9.09. The summed E-state index contributed by atoms with van der Waals surface area (Å²) < 4.78 is 16.5. The average Bonchev–Trinajstić information content (AvgIpc) is 3.49. The van der Waals surface area contributed by atoms with E-state index in [1.54, 1.807) is 42.6 Å². The maximum atomic E-state index is 13.4. The van der Waals surface area contributed by atoms with Crippen LogP contribution in [-0.4, -0.2) is 57.2 Å². The van der Waals surface area contributed by atoms with Crippen LogP contribution in [0.4, 0.5) is 0 Å². The van der Waals surface area contributed by atoms with Crippen LogP contribution in [0.15, 0.2) is 58.0 Å². The van der Waals surface area contributed by atoms with Crippen LogP contribution in [0, 0.1) is 0 Å². The molecule has 1 unspecified atom stereocenters. The highest BCUT2D eigenvalue weighted by atomic mass is 32.2. The lowest BCUT2D eigenvalue weighted by Gasteiger charge is -2.39. The molecule has 3 atom stereocenters.